The zero-order valence-electron chi connectivity index (χ0n) is 12.4. The van der Waals surface area contributed by atoms with Gasteiger partial charge in [0.05, 0.1) is 0 Å². The summed E-state index contributed by atoms with van der Waals surface area (Å²) in [5, 5.41) is 11.5. The summed E-state index contributed by atoms with van der Waals surface area (Å²) in [5.41, 5.74) is 5.80. The minimum atomic E-state index is -0.0664. The van der Waals surface area contributed by atoms with E-state index in [4.69, 9.17) is 15.7 Å². The average Bonchev–Trinajstić information content (AvgIpc) is 2.42. The summed E-state index contributed by atoms with van der Waals surface area (Å²) >= 11 is 0. The van der Waals surface area contributed by atoms with Crippen LogP contribution in [0.2, 0.25) is 0 Å². The quantitative estimate of drug-likeness (QED) is 0.336. The maximum absolute atomic E-state index is 8.61. The molecule has 0 fully saturated rings. The lowest BCUT2D eigenvalue weighted by molar-refractivity contribution is 0.138. The number of nitrogens with zero attached hydrogens (tertiary/aromatic N) is 4. The van der Waals surface area contributed by atoms with E-state index in [0.29, 0.717) is 24.4 Å². The van der Waals surface area contributed by atoms with Crippen molar-refractivity contribution < 1.29 is 9.94 Å². The minimum absolute atomic E-state index is 0.0664. The highest BCUT2D eigenvalue weighted by molar-refractivity contribution is 5.95. The molecule has 7 heteroatoms. The van der Waals surface area contributed by atoms with Crippen molar-refractivity contribution in [1.29, 1.82) is 0 Å². The van der Waals surface area contributed by atoms with Gasteiger partial charge in [-0.25, -0.2) is 4.98 Å². The molecule has 1 heterocycles. The van der Waals surface area contributed by atoms with Crippen LogP contribution in [-0.2, 0) is 0 Å². The molecule has 0 unspecified atom stereocenters. The van der Waals surface area contributed by atoms with Crippen molar-refractivity contribution in [3.8, 4) is 6.01 Å². The van der Waals surface area contributed by atoms with E-state index in [1.54, 1.807) is 6.07 Å². The van der Waals surface area contributed by atoms with Gasteiger partial charge in [-0.3, -0.25) is 4.90 Å². The molecule has 3 N–H and O–H groups in total. The van der Waals surface area contributed by atoms with Gasteiger partial charge in [-0.15, -0.1) is 0 Å². The molecule has 0 saturated carbocycles. The molecule has 0 saturated heterocycles. The fourth-order valence-corrected chi connectivity index (χ4v) is 1.96. The van der Waals surface area contributed by atoms with E-state index in [0.717, 1.165) is 6.54 Å². The molecule has 0 amide bonds. The Morgan fingerprint density at radius 2 is 2.05 bits per heavy atom. The minimum Gasteiger partial charge on any atom is -0.462 e. The van der Waals surface area contributed by atoms with Crippen LogP contribution in [-0.4, -0.2) is 51.1 Å². The third-order valence-corrected chi connectivity index (χ3v) is 2.91. The molecule has 0 aliphatic rings. The van der Waals surface area contributed by atoms with E-state index in [1.807, 2.05) is 0 Å². The van der Waals surface area contributed by atoms with Gasteiger partial charge < -0.3 is 15.7 Å². The van der Waals surface area contributed by atoms with Gasteiger partial charge in [0.2, 0.25) is 0 Å². The number of nitrogens with two attached hydrogens (primary N) is 1. The first kappa shape index (κ1) is 16.2. The Bertz CT molecular complexity index is 440. The first-order valence-electron chi connectivity index (χ1n) is 6.65. The molecule has 7 nitrogen and oxygen atoms in total. The normalized spacial score (nSPS) is 12.4. The Morgan fingerprint density at radius 1 is 1.40 bits per heavy atom. The van der Waals surface area contributed by atoms with Gasteiger partial charge >= 0.3 is 6.01 Å². The van der Waals surface area contributed by atoms with Crippen LogP contribution < -0.4 is 10.5 Å². The van der Waals surface area contributed by atoms with Gasteiger partial charge in [0, 0.05) is 24.8 Å². The molecule has 0 aliphatic heterocycles. The zero-order valence-corrected chi connectivity index (χ0v) is 12.4. The van der Waals surface area contributed by atoms with Gasteiger partial charge in [-0.2, -0.15) is 4.98 Å². The van der Waals surface area contributed by atoms with Gasteiger partial charge in [-0.1, -0.05) is 5.16 Å². The van der Waals surface area contributed by atoms with E-state index in [-0.39, 0.29) is 11.8 Å². The number of ether oxygens (including phenoxy) is 1. The second-order valence-electron chi connectivity index (χ2n) is 4.98. The van der Waals surface area contributed by atoms with Crippen LogP contribution in [0.4, 0.5) is 0 Å². The number of amidine groups is 1. The smallest absolute Gasteiger partial charge is 0.317 e. The maximum atomic E-state index is 8.61. The Balaban J connectivity index is 2.58. The predicted octanol–water partition coefficient (Wildman–Crippen LogP) is 1.07. The molecule has 1 aromatic rings. The Hall–Kier alpha value is -1.89. The first-order chi connectivity index (χ1) is 9.45. The van der Waals surface area contributed by atoms with Gasteiger partial charge in [0.25, 0.3) is 0 Å². The molecule has 0 spiro atoms. The van der Waals surface area contributed by atoms with Crippen molar-refractivity contribution in [2.45, 2.75) is 39.8 Å². The van der Waals surface area contributed by atoms with Gasteiger partial charge in [0.15, 0.2) is 5.84 Å². The Kier molecular flexibility index (Phi) is 6.17. The Labute approximate surface area is 119 Å². The fourth-order valence-electron chi connectivity index (χ4n) is 1.96. The van der Waals surface area contributed by atoms with E-state index >= 15 is 0 Å². The standard InChI is InChI=1S/C13H23N5O2/c1-9(2)18(10(3)4)7-8-20-13-15-6-5-11(16-13)12(14)17-19/h5-6,9-10,19H,7-8H2,1-4H3,(H2,14,17). The van der Waals surface area contributed by atoms with Crippen molar-refractivity contribution in [2.24, 2.45) is 10.9 Å². The molecule has 0 radical (unpaired) electrons. The largest absolute Gasteiger partial charge is 0.462 e. The van der Waals surface area contributed by atoms with Crippen LogP contribution in [0, 0.1) is 0 Å². The second-order valence-corrected chi connectivity index (χ2v) is 4.98. The Morgan fingerprint density at radius 3 is 2.60 bits per heavy atom. The summed E-state index contributed by atoms with van der Waals surface area (Å²) in [6.07, 6.45) is 1.51. The molecule has 1 rings (SSSR count). The molecule has 0 aliphatic carbocycles. The van der Waals surface area contributed by atoms with Crippen molar-refractivity contribution >= 4 is 5.84 Å². The molecular formula is C13H23N5O2. The topological polar surface area (TPSA) is 96.9 Å². The number of hydrogen-bond donors (Lipinski definition) is 2. The highest BCUT2D eigenvalue weighted by Gasteiger charge is 2.13. The second kappa shape index (κ2) is 7.64. The van der Waals surface area contributed by atoms with Crippen molar-refractivity contribution in [2.75, 3.05) is 13.2 Å². The summed E-state index contributed by atoms with van der Waals surface area (Å²) in [6, 6.07) is 2.67. The average molecular weight is 281 g/mol. The summed E-state index contributed by atoms with van der Waals surface area (Å²) < 4.78 is 5.52. The van der Waals surface area contributed by atoms with Crippen LogP contribution in [0.3, 0.4) is 0 Å². The van der Waals surface area contributed by atoms with Gasteiger partial charge in [-0.05, 0) is 33.8 Å². The number of oxime groups is 1. The lowest BCUT2D eigenvalue weighted by Gasteiger charge is -2.30. The third kappa shape index (κ3) is 4.65. The molecule has 0 bridgehead atoms. The molecule has 0 atom stereocenters. The lowest BCUT2D eigenvalue weighted by Crippen LogP contribution is -2.39. The highest BCUT2D eigenvalue weighted by Crippen LogP contribution is 2.06. The van der Waals surface area contributed by atoms with Crippen LogP contribution >= 0.6 is 0 Å². The first-order valence-corrected chi connectivity index (χ1v) is 6.65. The zero-order chi connectivity index (χ0) is 15.1. The summed E-state index contributed by atoms with van der Waals surface area (Å²) in [5.74, 6) is -0.0664. The van der Waals surface area contributed by atoms with Crippen LogP contribution in [0.1, 0.15) is 33.4 Å². The lowest BCUT2D eigenvalue weighted by atomic mass is 10.2. The number of hydrogen-bond acceptors (Lipinski definition) is 6. The van der Waals surface area contributed by atoms with Crippen molar-refractivity contribution in [3.05, 3.63) is 18.0 Å². The van der Waals surface area contributed by atoms with Gasteiger partial charge in [0.1, 0.15) is 12.3 Å². The van der Waals surface area contributed by atoms with Crippen LogP contribution in [0.15, 0.2) is 17.4 Å². The van der Waals surface area contributed by atoms with Crippen LogP contribution in [0.5, 0.6) is 6.01 Å². The van der Waals surface area contributed by atoms with Crippen molar-refractivity contribution in [3.63, 3.8) is 0 Å². The summed E-state index contributed by atoms with van der Waals surface area (Å²) in [7, 11) is 0. The van der Waals surface area contributed by atoms with Crippen LogP contribution in [0.25, 0.3) is 0 Å². The highest BCUT2D eigenvalue weighted by atomic mass is 16.5. The van der Waals surface area contributed by atoms with E-state index in [9.17, 15) is 0 Å². The SMILES string of the molecule is CC(C)N(CCOc1nccc(/C(N)=N/O)n1)C(C)C. The third-order valence-electron chi connectivity index (χ3n) is 2.91. The fraction of sp³-hybridized carbons (Fsp3) is 0.615. The summed E-state index contributed by atoms with van der Waals surface area (Å²) in [6.45, 7) is 9.86. The predicted molar refractivity (Wildman–Crippen MR) is 77.0 cm³/mol. The molecule has 1 aromatic heterocycles. The van der Waals surface area contributed by atoms with E-state index in [2.05, 4.69) is 47.7 Å². The molecule has 112 valence electrons. The van der Waals surface area contributed by atoms with Crippen molar-refractivity contribution in [1.82, 2.24) is 14.9 Å². The molecular weight excluding hydrogens is 258 g/mol. The number of aromatic nitrogens is 2. The molecule has 20 heavy (non-hydrogen) atoms. The summed E-state index contributed by atoms with van der Waals surface area (Å²) in [4.78, 5) is 10.4. The molecule has 0 aromatic carbocycles. The monoisotopic (exact) mass is 281 g/mol. The van der Waals surface area contributed by atoms with E-state index in [1.165, 1.54) is 6.20 Å². The maximum Gasteiger partial charge on any atom is 0.317 e. The number of rotatable bonds is 7. The van der Waals surface area contributed by atoms with E-state index < -0.39 is 0 Å².